The third-order valence-corrected chi connectivity index (χ3v) is 3.35. The standard InChI is InChI=1S/C15H12ClF4N/c1-9-5-6-11(7-12(9)15(18,19)20)21-8-10-3-2-4-13(16)14(10)17/h2-7,21H,8H2,1H3. The molecular weight excluding hydrogens is 306 g/mol. The van der Waals surface area contributed by atoms with Crippen molar-refractivity contribution < 1.29 is 17.6 Å². The monoisotopic (exact) mass is 317 g/mol. The molecule has 6 heteroatoms. The number of rotatable bonds is 3. The Hall–Kier alpha value is -1.75. The van der Waals surface area contributed by atoms with Gasteiger partial charge in [0.05, 0.1) is 10.6 Å². The fraction of sp³-hybridized carbons (Fsp3) is 0.200. The topological polar surface area (TPSA) is 12.0 Å². The van der Waals surface area contributed by atoms with E-state index in [0.29, 0.717) is 0 Å². The molecule has 0 atom stereocenters. The van der Waals surface area contributed by atoms with Crippen molar-refractivity contribution in [1.29, 1.82) is 0 Å². The van der Waals surface area contributed by atoms with Gasteiger partial charge < -0.3 is 5.32 Å². The maximum Gasteiger partial charge on any atom is 0.416 e. The summed E-state index contributed by atoms with van der Waals surface area (Å²) < 4.78 is 52.1. The van der Waals surface area contributed by atoms with E-state index < -0.39 is 17.6 Å². The van der Waals surface area contributed by atoms with E-state index in [2.05, 4.69) is 5.32 Å². The molecule has 1 nitrogen and oxygen atoms in total. The van der Waals surface area contributed by atoms with Crippen LogP contribution in [0.1, 0.15) is 16.7 Å². The molecule has 0 bridgehead atoms. The first-order chi connectivity index (χ1) is 9.79. The zero-order valence-electron chi connectivity index (χ0n) is 11.1. The van der Waals surface area contributed by atoms with Crippen molar-refractivity contribution in [3.05, 3.63) is 63.9 Å². The van der Waals surface area contributed by atoms with Crippen LogP contribution in [0.15, 0.2) is 36.4 Å². The fourth-order valence-electron chi connectivity index (χ4n) is 1.92. The Labute approximate surface area is 124 Å². The molecule has 21 heavy (non-hydrogen) atoms. The maximum atomic E-state index is 13.7. The highest BCUT2D eigenvalue weighted by molar-refractivity contribution is 6.30. The van der Waals surface area contributed by atoms with E-state index in [1.807, 2.05) is 0 Å². The molecule has 0 radical (unpaired) electrons. The first kappa shape index (κ1) is 15.6. The minimum Gasteiger partial charge on any atom is -0.381 e. The van der Waals surface area contributed by atoms with E-state index in [-0.39, 0.29) is 28.4 Å². The molecule has 0 aliphatic rings. The molecule has 112 valence electrons. The van der Waals surface area contributed by atoms with Gasteiger partial charge in [-0.3, -0.25) is 0 Å². The van der Waals surface area contributed by atoms with Crippen LogP contribution < -0.4 is 5.32 Å². The first-order valence-electron chi connectivity index (χ1n) is 6.13. The zero-order chi connectivity index (χ0) is 15.6. The Morgan fingerprint density at radius 1 is 1.14 bits per heavy atom. The van der Waals surface area contributed by atoms with Gasteiger partial charge in [0, 0.05) is 17.8 Å². The number of hydrogen-bond acceptors (Lipinski definition) is 1. The van der Waals surface area contributed by atoms with E-state index in [1.54, 1.807) is 6.07 Å². The maximum absolute atomic E-state index is 13.7. The molecule has 0 amide bonds. The summed E-state index contributed by atoms with van der Waals surface area (Å²) in [7, 11) is 0. The number of aryl methyl sites for hydroxylation is 1. The Kier molecular flexibility index (Phi) is 4.42. The summed E-state index contributed by atoms with van der Waals surface area (Å²) in [6.07, 6.45) is -4.41. The summed E-state index contributed by atoms with van der Waals surface area (Å²) in [4.78, 5) is 0. The summed E-state index contributed by atoms with van der Waals surface area (Å²) in [5.74, 6) is -0.574. The Bertz CT molecular complexity index is 653. The molecule has 0 heterocycles. The number of alkyl halides is 3. The Morgan fingerprint density at radius 2 is 1.86 bits per heavy atom. The molecule has 0 saturated heterocycles. The second kappa shape index (κ2) is 5.93. The normalized spacial score (nSPS) is 11.5. The van der Waals surface area contributed by atoms with Crippen molar-refractivity contribution in [3.8, 4) is 0 Å². The first-order valence-corrected chi connectivity index (χ1v) is 6.51. The number of halogens is 5. The van der Waals surface area contributed by atoms with E-state index in [0.717, 1.165) is 6.07 Å². The van der Waals surface area contributed by atoms with Gasteiger partial charge in [0.2, 0.25) is 0 Å². The second-order valence-electron chi connectivity index (χ2n) is 4.59. The van der Waals surface area contributed by atoms with Crippen LogP contribution in [0.4, 0.5) is 23.2 Å². The lowest BCUT2D eigenvalue weighted by Crippen LogP contribution is -2.09. The second-order valence-corrected chi connectivity index (χ2v) is 5.00. The molecule has 0 spiro atoms. The summed E-state index contributed by atoms with van der Waals surface area (Å²) in [6.45, 7) is 1.44. The van der Waals surface area contributed by atoms with Gasteiger partial charge in [-0.15, -0.1) is 0 Å². The number of nitrogens with one attached hydrogen (secondary N) is 1. The van der Waals surface area contributed by atoms with E-state index in [1.165, 1.54) is 31.2 Å². The van der Waals surface area contributed by atoms with Crippen molar-refractivity contribution in [2.75, 3.05) is 5.32 Å². The van der Waals surface area contributed by atoms with Crippen molar-refractivity contribution in [1.82, 2.24) is 0 Å². The molecule has 0 aromatic heterocycles. The van der Waals surface area contributed by atoms with Gasteiger partial charge in [0.25, 0.3) is 0 Å². The minimum atomic E-state index is -4.41. The third-order valence-electron chi connectivity index (χ3n) is 3.06. The molecule has 2 aromatic carbocycles. The van der Waals surface area contributed by atoms with Gasteiger partial charge >= 0.3 is 6.18 Å². The lowest BCUT2D eigenvalue weighted by atomic mass is 10.1. The highest BCUT2D eigenvalue weighted by Crippen LogP contribution is 2.33. The van der Waals surface area contributed by atoms with E-state index in [4.69, 9.17) is 11.6 Å². The van der Waals surface area contributed by atoms with Gasteiger partial charge in [-0.05, 0) is 30.7 Å². The fourth-order valence-corrected chi connectivity index (χ4v) is 2.11. The van der Waals surface area contributed by atoms with Crippen molar-refractivity contribution in [2.24, 2.45) is 0 Å². The van der Waals surface area contributed by atoms with Crippen molar-refractivity contribution >= 4 is 17.3 Å². The summed E-state index contributed by atoms with van der Waals surface area (Å²) in [5, 5.41) is 2.75. The molecule has 0 aliphatic carbocycles. The van der Waals surface area contributed by atoms with Crippen LogP contribution in [0.3, 0.4) is 0 Å². The van der Waals surface area contributed by atoms with Gasteiger partial charge in [-0.1, -0.05) is 29.8 Å². The summed E-state index contributed by atoms with van der Waals surface area (Å²) in [6, 6.07) is 8.42. The predicted octanol–water partition coefficient (Wildman–Crippen LogP) is 5.42. The smallest absolute Gasteiger partial charge is 0.381 e. The average molecular weight is 318 g/mol. The van der Waals surface area contributed by atoms with E-state index >= 15 is 0 Å². The summed E-state index contributed by atoms with van der Waals surface area (Å²) >= 11 is 5.65. The number of anilines is 1. The van der Waals surface area contributed by atoms with Crippen LogP contribution in [0.2, 0.25) is 5.02 Å². The molecule has 0 unspecified atom stereocenters. The van der Waals surface area contributed by atoms with Gasteiger partial charge in [0.1, 0.15) is 5.82 Å². The molecular formula is C15H12ClF4N. The molecule has 2 rings (SSSR count). The Morgan fingerprint density at radius 3 is 2.52 bits per heavy atom. The number of benzene rings is 2. The minimum absolute atomic E-state index is 0.0193. The zero-order valence-corrected chi connectivity index (χ0v) is 11.8. The lowest BCUT2D eigenvalue weighted by molar-refractivity contribution is -0.138. The molecule has 1 N–H and O–H groups in total. The Balaban J connectivity index is 2.19. The van der Waals surface area contributed by atoms with Gasteiger partial charge in [0.15, 0.2) is 0 Å². The molecule has 2 aromatic rings. The van der Waals surface area contributed by atoms with Crippen LogP contribution in [0.5, 0.6) is 0 Å². The molecule has 0 aliphatic heterocycles. The average Bonchev–Trinajstić information content (AvgIpc) is 2.40. The van der Waals surface area contributed by atoms with Crippen molar-refractivity contribution in [3.63, 3.8) is 0 Å². The van der Waals surface area contributed by atoms with Gasteiger partial charge in [-0.25, -0.2) is 4.39 Å². The van der Waals surface area contributed by atoms with Crippen LogP contribution in [-0.4, -0.2) is 0 Å². The highest BCUT2D eigenvalue weighted by atomic mass is 35.5. The quantitative estimate of drug-likeness (QED) is 0.745. The van der Waals surface area contributed by atoms with Crippen molar-refractivity contribution in [2.45, 2.75) is 19.6 Å². The van der Waals surface area contributed by atoms with E-state index in [9.17, 15) is 17.6 Å². The van der Waals surface area contributed by atoms with Crippen LogP contribution in [0, 0.1) is 12.7 Å². The molecule has 0 saturated carbocycles. The highest BCUT2D eigenvalue weighted by Gasteiger charge is 2.32. The number of hydrogen-bond donors (Lipinski definition) is 1. The van der Waals surface area contributed by atoms with Crippen LogP contribution in [-0.2, 0) is 12.7 Å². The summed E-state index contributed by atoms with van der Waals surface area (Å²) in [5.41, 5.74) is -0.00927. The largest absolute Gasteiger partial charge is 0.416 e. The van der Waals surface area contributed by atoms with Crippen LogP contribution >= 0.6 is 11.6 Å². The van der Waals surface area contributed by atoms with Crippen LogP contribution in [0.25, 0.3) is 0 Å². The predicted molar refractivity (Wildman–Crippen MR) is 74.9 cm³/mol. The van der Waals surface area contributed by atoms with Gasteiger partial charge in [-0.2, -0.15) is 13.2 Å². The SMILES string of the molecule is Cc1ccc(NCc2cccc(Cl)c2F)cc1C(F)(F)F. The third kappa shape index (κ3) is 3.67. The lowest BCUT2D eigenvalue weighted by Gasteiger charge is -2.13. The molecule has 0 fully saturated rings.